The van der Waals surface area contributed by atoms with E-state index in [4.69, 9.17) is 9.47 Å². The van der Waals surface area contributed by atoms with Crippen LogP contribution in [0.15, 0.2) is 12.1 Å². The summed E-state index contributed by atoms with van der Waals surface area (Å²) in [4.78, 5) is 22.6. The molecule has 1 aliphatic heterocycles. The van der Waals surface area contributed by atoms with E-state index in [9.17, 15) is 9.59 Å². The molecule has 1 heterocycles. The van der Waals surface area contributed by atoms with Gasteiger partial charge in [0.25, 0.3) is 11.8 Å². The van der Waals surface area contributed by atoms with Gasteiger partial charge in [0.05, 0.1) is 25.3 Å². The molecule has 5 heteroatoms. The first-order valence-corrected chi connectivity index (χ1v) is 4.29. The number of nitrogens with one attached hydrogen (secondary N) is 1. The van der Waals surface area contributed by atoms with Crippen molar-refractivity contribution in [3.63, 3.8) is 0 Å². The molecular formula is C10H9NO4. The number of imide groups is 1. The molecule has 78 valence electrons. The maximum Gasteiger partial charge on any atom is 0.259 e. The van der Waals surface area contributed by atoms with Gasteiger partial charge in [0.1, 0.15) is 0 Å². The highest BCUT2D eigenvalue weighted by atomic mass is 16.5. The third kappa shape index (κ3) is 1.32. The van der Waals surface area contributed by atoms with Crippen LogP contribution in [0.4, 0.5) is 0 Å². The average molecular weight is 207 g/mol. The third-order valence-electron chi connectivity index (χ3n) is 2.24. The number of benzene rings is 1. The van der Waals surface area contributed by atoms with Gasteiger partial charge in [-0.05, 0) is 12.1 Å². The van der Waals surface area contributed by atoms with E-state index in [2.05, 4.69) is 5.32 Å². The predicted molar refractivity (Wildman–Crippen MR) is 51.3 cm³/mol. The van der Waals surface area contributed by atoms with Gasteiger partial charge < -0.3 is 9.47 Å². The van der Waals surface area contributed by atoms with Gasteiger partial charge in [-0.3, -0.25) is 14.9 Å². The van der Waals surface area contributed by atoms with Crippen LogP contribution in [0.1, 0.15) is 20.7 Å². The summed E-state index contributed by atoms with van der Waals surface area (Å²) in [5.41, 5.74) is 0.635. The van der Waals surface area contributed by atoms with Gasteiger partial charge in [-0.25, -0.2) is 0 Å². The molecule has 1 aromatic carbocycles. The lowest BCUT2D eigenvalue weighted by Gasteiger charge is -2.07. The number of carbonyl (C=O) groups is 2. The number of methoxy groups -OCH3 is 2. The van der Waals surface area contributed by atoms with E-state index < -0.39 is 11.8 Å². The lowest BCUT2D eigenvalue weighted by molar-refractivity contribution is 0.0879. The minimum absolute atomic E-state index is 0.317. The smallest absolute Gasteiger partial charge is 0.259 e. The van der Waals surface area contributed by atoms with Crippen LogP contribution < -0.4 is 14.8 Å². The van der Waals surface area contributed by atoms with Crippen LogP contribution in [-0.2, 0) is 0 Å². The first-order valence-electron chi connectivity index (χ1n) is 4.29. The molecule has 0 aliphatic carbocycles. The highest BCUT2D eigenvalue weighted by molar-refractivity contribution is 6.21. The number of ether oxygens (including phenoxy) is 2. The Morgan fingerprint density at radius 1 is 0.933 bits per heavy atom. The second-order valence-electron chi connectivity index (χ2n) is 3.04. The molecule has 2 amide bonds. The van der Waals surface area contributed by atoms with E-state index in [1.165, 1.54) is 26.4 Å². The molecule has 1 N–H and O–H groups in total. The number of rotatable bonds is 2. The lowest BCUT2D eigenvalue weighted by Crippen LogP contribution is -2.19. The van der Waals surface area contributed by atoms with Crippen LogP contribution in [0.2, 0.25) is 0 Å². The molecule has 1 aromatic rings. The van der Waals surface area contributed by atoms with Gasteiger partial charge in [-0.2, -0.15) is 0 Å². The van der Waals surface area contributed by atoms with E-state index in [1.807, 2.05) is 0 Å². The van der Waals surface area contributed by atoms with Crippen molar-refractivity contribution >= 4 is 11.8 Å². The molecule has 0 aromatic heterocycles. The quantitative estimate of drug-likeness (QED) is 0.721. The fourth-order valence-corrected chi connectivity index (χ4v) is 1.49. The Kier molecular flexibility index (Phi) is 2.07. The van der Waals surface area contributed by atoms with Crippen LogP contribution in [0.5, 0.6) is 11.5 Å². The second kappa shape index (κ2) is 3.27. The van der Waals surface area contributed by atoms with Gasteiger partial charge in [-0.15, -0.1) is 0 Å². The van der Waals surface area contributed by atoms with Gasteiger partial charge >= 0.3 is 0 Å². The van der Waals surface area contributed by atoms with E-state index in [0.29, 0.717) is 22.6 Å². The average Bonchev–Trinajstić information content (AvgIpc) is 2.52. The van der Waals surface area contributed by atoms with Crippen molar-refractivity contribution in [2.24, 2.45) is 0 Å². The highest BCUT2D eigenvalue weighted by Crippen LogP contribution is 2.32. The van der Waals surface area contributed by atoms with E-state index in [-0.39, 0.29) is 0 Å². The molecule has 1 aliphatic rings. The topological polar surface area (TPSA) is 64.6 Å². The first-order chi connectivity index (χ1) is 7.17. The molecule has 15 heavy (non-hydrogen) atoms. The molecule has 0 bridgehead atoms. The maximum atomic E-state index is 11.3. The summed E-state index contributed by atoms with van der Waals surface area (Å²) >= 11 is 0. The standard InChI is InChI=1S/C10H9NO4/c1-14-7-3-5-6(4-8(7)15-2)10(13)11-9(5)12/h3-4H,1-2H3,(H,11,12,13). The van der Waals surface area contributed by atoms with Crippen molar-refractivity contribution in [1.29, 1.82) is 0 Å². The van der Waals surface area contributed by atoms with Gasteiger partial charge in [0.15, 0.2) is 11.5 Å². The number of amides is 2. The minimum Gasteiger partial charge on any atom is -0.493 e. The predicted octanol–water partition coefficient (Wildman–Crippen LogP) is 0.587. The minimum atomic E-state index is -0.407. The normalized spacial score (nSPS) is 13.5. The van der Waals surface area contributed by atoms with Crippen molar-refractivity contribution in [1.82, 2.24) is 5.32 Å². The van der Waals surface area contributed by atoms with Crippen LogP contribution in [0.3, 0.4) is 0 Å². The lowest BCUT2D eigenvalue weighted by atomic mass is 10.1. The zero-order valence-electron chi connectivity index (χ0n) is 8.29. The summed E-state index contributed by atoms with van der Waals surface area (Å²) in [6.45, 7) is 0. The summed E-state index contributed by atoms with van der Waals surface area (Å²) in [5.74, 6) is 0.0501. The molecule has 0 saturated carbocycles. The van der Waals surface area contributed by atoms with E-state index in [1.54, 1.807) is 0 Å². The van der Waals surface area contributed by atoms with Crippen molar-refractivity contribution in [3.8, 4) is 11.5 Å². The number of fused-ring (bicyclic) bond motifs is 1. The van der Waals surface area contributed by atoms with Gasteiger partial charge in [0, 0.05) is 0 Å². The molecular weight excluding hydrogens is 198 g/mol. The zero-order chi connectivity index (χ0) is 11.0. The monoisotopic (exact) mass is 207 g/mol. The van der Waals surface area contributed by atoms with Crippen LogP contribution >= 0.6 is 0 Å². The van der Waals surface area contributed by atoms with Gasteiger partial charge in [-0.1, -0.05) is 0 Å². The summed E-state index contributed by atoms with van der Waals surface area (Å²) in [7, 11) is 2.94. The fourth-order valence-electron chi connectivity index (χ4n) is 1.49. The molecule has 0 atom stereocenters. The Morgan fingerprint density at radius 3 is 1.67 bits per heavy atom. The molecule has 5 nitrogen and oxygen atoms in total. The van der Waals surface area contributed by atoms with Crippen LogP contribution in [-0.4, -0.2) is 26.0 Å². The Balaban J connectivity index is 2.63. The van der Waals surface area contributed by atoms with E-state index in [0.717, 1.165) is 0 Å². The SMILES string of the molecule is COc1cc2c(cc1OC)C(=O)NC2=O. The molecule has 0 fully saturated rings. The third-order valence-corrected chi connectivity index (χ3v) is 2.24. The van der Waals surface area contributed by atoms with Gasteiger partial charge in [0.2, 0.25) is 0 Å². The molecule has 0 radical (unpaired) electrons. The van der Waals surface area contributed by atoms with Crippen molar-refractivity contribution in [2.45, 2.75) is 0 Å². The van der Waals surface area contributed by atoms with Crippen molar-refractivity contribution < 1.29 is 19.1 Å². The molecule has 2 rings (SSSR count). The highest BCUT2D eigenvalue weighted by Gasteiger charge is 2.28. The molecule has 0 spiro atoms. The Bertz CT molecular complexity index is 412. The maximum absolute atomic E-state index is 11.3. The Labute approximate surface area is 86.0 Å². The number of carbonyl (C=O) groups excluding carboxylic acids is 2. The second-order valence-corrected chi connectivity index (χ2v) is 3.04. The number of hydrogen-bond donors (Lipinski definition) is 1. The summed E-state index contributed by atoms with van der Waals surface area (Å²) in [5, 5.41) is 2.20. The first kappa shape index (κ1) is 9.51. The van der Waals surface area contributed by atoms with E-state index >= 15 is 0 Å². The Hall–Kier alpha value is -2.04. The molecule has 0 saturated heterocycles. The summed E-state index contributed by atoms with van der Waals surface area (Å²) < 4.78 is 10.1. The van der Waals surface area contributed by atoms with Crippen molar-refractivity contribution in [3.05, 3.63) is 23.3 Å². The molecule has 0 unspecified atom stereocenters. The zero-order valence-corrected chi connectivity index (χ0v) is 8.29. The largest absolute Gasteiger partial charge is 0.493 e. The summed E-state index contributed by atoms with van der Waals surface area (Å²) in [6.07, 6.45) is 0. The fraction of sp³-hybridized carbons (Fsp3) is 0.200. The Morgan fingerprint density at radius 2 is 1.33 bits per heavy atom. The summed E-state index contributed by atoms with van der Waals surface area (Å²) in [6, 6.07) is 2.99. The van der Waals surface area contributed by atoms with Crippen molar-refractivity contribution in [2.75, 3.05) is 14.2 Å². The number of hydrogen-bond acceptors (Lipinski definition) is 4. The van der Waals surface area contributed by atoms with Crippen LogP contribution in [0, 0.1) is 0 Å². The van der Waals surface area contributed by atoms with Crippen LogP contribution in [0.25, 0.3) is 0 Å².